The lowest BCUT2D eigenvalue weighted by molar-refractivity contribution is -0.130. The summed E-state index contributed by atoms with van der Waals surface area (Å²) >= 11 is 6.04. The number of carbonyl (C=O) groups excluding carboxylic acids is 2. The Morgan fingerprint density at radius 3 is 2.68 bits per heavy atom. The third-order valence-electron chi connectivity index (χ3n) is 3.86. The zero-order chi connectivity index (χ0) is 16.3. The van der Waals surface area contributed by atoms with E-state index >= 15 is 0 Å². The van der Waals surface area contributed by atoms with Gasteiger partial charge in [-0.1, -0.05) is 17.7 Å². The van der Waals surface area contributed by atoms with Crippen LogP contribution in [0.3, 0.4) is 0 Å². The molecule has 0 aliphatic carbocycles. The third kappa shape index (κ3) is 4.18. The van der Waals surface area contributed by atoms with Crippen molar-refractivity contribution in [3.63, 3.8) is 0 Å². The van der Waals surface area contributed by atoms with Gasteiger partial charge in [-0.3, -0.25) is 14.5 Å². The smallest absolute Gasteiger partial charge is 0.223 e. The SMILES string of the molecule is CC(=O)N1CCN(Cc2ccc(F)cc2Cl)C[C@H](C(N)=O)C1. The molecule has 0 bridgehead atoms. The van der Waals surface area contributed by atoms with Crippen LogP contribution in [-0.4, -0.2) is 47.8 Å². The highest BCUT2D eigenvalue weighted by Gasteiger charge is 2.27. The summed E-state index contributed by atoms with van der Waals surface area (Å²) in [6, 6.07) is 4.25. The quantitative estimate of drug-likeness (QED) is 0.908. The van der Waals surface area contributed by atoms with Crippen LogP contribution in [0.1, 0.15) is 12.5 Å². The van der Waals surface area contributed by atoms with Gasteiger partial charge >= 0.3 is 0 Å². The fourth-order valence-electron chi connectivity index (χ4n) is 2.58. The summed E-state index contributed by atoms with van der Waals surface area (Å²) in [5.41, 5.74) is 6.21. The summed E-state index contributed by atoms with van der Waals surface area (Å²) < 4.78 is 13.1. The summed E-state index contributed by atoms with van der Waals surface area (Å²) in [4.78, 5) is 26.8. The van der Waals surface area contributed by atoms with E-state index < -0.39 is 11.8 Å². The third-order valence-corrected chi connectivity index (χ3v) is 4.21. The van der Waals surface area contributed by atoms with E-state index in [9.17, 15) is 14.0 Å². The highest BCUT2D eigenvalue weighted by molar-refractivity contribution is 6.31. The van der Waals surface area contributed by atoms with Crippen molar-refractivity contribution in [1.82, 2.24) is 9.80 Å². The van der Waals surface area contributed by atoms with Gasteiger partial charge in [-0.25, -0.2) is 4.39 Å². The maximum absolute atomic E-state index is 13.1. The molecule has 1 fully saturated rings. The highest BCUT2D eigenvalue weighted by atomic mass is 35.5. The number of primary amides is 1. The van der Waals surface area contributed by atoms with Crippen molar-refractivity contribution in [1.29, 1.82) is 0 Å². The van der Waals surface area contributed by atoms with Gasteiger partial charge in [-0.15, -0.1) is 0 Å². The largest absolute Gasteiger partial charge is 0.369 e. The van der Waals surface area contributed by atoms with Gasteiger partial charge in [0.1, 0.15) is 5.82 Å². The molecule has 1 aliphatic heterocycles. The summed E-state index contributed by atoms with van der Waals surface area (Å²) in [5.74, 6) is -1.32. The number of hydrogen-bond donors (Lipinski definition) is 1. The van der Waals surface area contributed by atoms with E-state index in [0.29, 0.717) is 37.7 Å². The van der Waals surface area contributed by atoms with Crippen molar-refractivity contribution in [2.75, 3.05) is 26.2 Å². The van der Waals surface area contributed by atoms with Crippen LogP contribution < -0.4 is 5.73 Å². The first kappa shape index (κ1) is 16.7. The van der Waals surface area contributed by atoms with E-state index in [1.807, 2.05) is 4.90 Å². The van der Waals surface area contributed by atoms with Gasteiger partial charge < -0.3 is 10.6 Å². The number of amides is 2. The lowest BCUT2D eigenvalue weighted by Gasteiger charge is -2.22. The van der Waals surface area contributed by atoms with Gasteiger partial charge in [-0.2, -0.15) is 0 Å². The van der Waals surface area contributed by atoms with Crippen LogP contribution >= 0.6 is 11.6 Å². The molecule has 1 saturated heterocycles. The Bertz CT molecular complexity index is 582. The average Bonchev–Trinajstić information content (AvgIpc) is 2.65. The molecule has 2 N–H and O–H groups in total. The summed E-state index contributed by atoms with van der Waals surface area (Å²) in [7, 11) is 0. The van der Waals surface area contributed by atoms with Crippen LogP contribution in [0.15, 0.2) is 18.2 Å². The maximum atomic E-state index is 13.1. The number of benzene rings is 1. The van der Waals surface area contributed by atoms with Gasteiger partial charge in [0.15, 0.2) is 0 Å². The Labute approximate surface area is 133 Å². The Kier molecular flexibility index (Phi) is 5.37. The normalized spacial score (nSPS) is 19.8. The molecule has 120 valence electrons. The van der Waals surface area contributed by atoms with Gasteiger partial charge in [0.25, 0.3) is 0 Å². The fraction of sp³-hybridized carbons (Fsp3) is 0.467. The first-order valence-corrected chi connectivity index (χ1v) is 7.45. The predicted octanol–water partition coefficient (Wildman–Crippen LogP) is 1.24. The van der Waals surface area contributed by atoms with E-state index in [-0.39, 0.29) is 11.7 Å². The average molecular weight is 328 g/mol. The van der Waals surface area contributed by atoms with Crippen molar-refractivity contribution in [3.8, 4) is 0 Å². The molecule has 2 amide bonds. The van der Waals surface area contributed by atoms with Gasteiger partial charge in [0.05, 0.1) is 5.92 Å². The second-order valence-electron chi connectivity index (χ2n) is 5.54. The molecular formula is C15H19ClFN3O2. The molecule has 0 saturated carbocycles. The highest BCUT2D eigenvalue weighted by Crippen LogP contribution is 2.20. The van der Waals surface area contributed by atoms with Crippen LogP contribution in [0.5, 0.6) is 0 Å². The molecule has 1 heterocycles. The standard InChI is InChI=1S/C15H19ClFN3O2/c1-10(21)20-5-4-19(8-12(9-20)15(18)22)7-11-2-3-13(17)6-14(11)16/h2-3,6,12H,4-5,7-9H2,1H3,(H2,18,22)/t12-/m0/s1. The number of hydrogen-bond acceptors (Lipinski definition) is 3. The second-order valence-corrected chi connectivity index (χ2v) is 5.94. The lowest BCUT2D eigenvalue weighted by atomic mass is 10.1. The Morgan fingerprint density at radius 2 is 2.09 bits per heavy atom. The Balaban J connectivity index is 2.13. The minimum Gasteiger partial charge on any atom is -0.369 e. The number of halogens is 2. The predicted molar refractivity (Wildman–Crippen MR) is 81.6 cm³/mol. The zero-order valence-electron chi connectivity index (χ0n) is 12.4. The molecule has 1 atom stereocenters. The van der Waals surface area contributed by atoms with Gasteiger partial charge in [0, 0.05) is 44.7 Å². The molecular weight excluding hydrogens is 309 g/mol. The van der Waals surface area contributed by atoms with Crippen LogP contribution in [0.4, 0.5) is 4.39 Å². The maximum Gasteiger partial charge on any atom is 0.223 e. The van der Waals surface area contributed by atoms with E-state index in [4.69, 9.17) is 17.3 Å². The van der Waals surface area contributed by atoms with Crippen LogP contribution in [0.2, 0.25) is 5.02 Å². The molecule has 0 aromatic heterocycles. The summed E-state index contributed by atoms with van der Waals surface area (Å²) in [6.07, 6.45) is 0. The van der Waals surface area contributed by atoms with Crippen molar-refractivity contribution < 1.29 is 14.0 Å². The number of nitrogens with two attached hydrogens (primary N) is 1. The second kappa shape index (κ2) is 7.07. The Morgan fingerprint density at radius 1 is 1.36 bits per heavy atom. The van der Waals surface area contributed by atoms with E-state index in [1.54, 1.807) is 11.0 Å². The molecule has 0 unspecified atom stereocenters. The fourth-order valence-corrected chi connectivity index (χ4v) is 2.81. The molecule has 0 spiro atoms. The number of rotatable bonds is 3. The topological polar surface area (TPSA) is 66.6 Å². The molecule has 1 aromatic rings. The van der Waals surface area contributed by atoms with Crippen LogP contribution in [-0.2, 0) is 16.1 Å². The van der Waals surface area contributed by atoms with Crippen molar-refractivity contribution >= 4 is 23.4 Å². The van der Waals surface area contributed by atoms with Gasteiger partial charge in [-0.05, 0) is 17.7 Å². The number of nitrogens with zero attached hydrogens (tertiary/aromatic N) is 2. The minimum absolute atomic E-state index is 0.0760. The van der Waals surface area contributed by atoms with E-state index in [1.165, 1.54) is 19.1 Å². The first-order chi connectivity index (χ1) is 10.4. The lowest BCUT2D eigenvalue weighted by Crippen LogP contribution is -2.39. The van der Waals surface area contributed by atoms with Crippen molar-refractivity contribution in [2.24, 2.45) is 11.7 Å². The molecule has 7 heteroatoms. The van der Waals surface area contributed by atoms with Crippen LogP contribution in [0.25, 0.3) is 0 Å². The molecule has 1 aliphatic rings. The molecule has 0 radical (unpaired) electrons. The summed E-state index contributed by atoms with van der Waals surface area (Å²) in [6.45, 7) is 3.87. The molecule has 22 heavy (non-hydrogen) atoms. The number of carbonyl (C=O) groups is 2. The Hall–Kier alpha value is -1.66. The molecule has 1 aromatic carbocycles. The van der Waals surface area contributed by atoms with E-state index in [2.05, 4.69) is 0 Å². The first-order valence-electron chi connectivity index (χ1n) is 7.08. The van der Waals surface area contributed by atoms with Crippen molar-refractivity contribution in [2.45, 2.75) is 13.5 Å². The summed E-state index contributed by atoms with van der Waals surface area (Å²) in [5, 5.41) is 0.350. The van der Waals surface area contributed by atoms with Crippen LogP contribution in [0, 0.1) is 11.7 Å². The zero-order valence-corrected chi connectivity index (χ0v) is 13.1. The molecule has 5 nitrogen and oxygen atoms in total. The minimum atomic E-state index is -0.427. The van der Waals surface area contributed by atoms with Crippen molar-refractivity contribution in [3.05, 3.63) is 34.6 Å². The van der Waals surface area contributed by atoms with E-state index in [0.717, 1.165) is 5.56 Å². The monoisotopic (exact) mass is 327 g/mol. The van der Waals surface area contributed by atoms with Gasteiger partial charge in [0.2, 0.25) is 11.8 Å². The molecule has 2 rings (SSSR count).